The Morgan fingerprint density at radius 3 is 2.34 bits per heavy atom. The Balaban J connectivity index is 1.61. The van der Waals surface area contributed by atoms with Gasteiger partial charge in [0.15, 0.2) is 5.78 Å². The molecule has 0 bridgehead atoms. The summed E-state index contributed by atoms with van der Waals surface area (Å²) in [6.07, 6.45) is 0.213. The molecule has 0 aromatic heterocycles. The van der Waals surface area contributed by atoms with Crippen LogP contribution in [-0.2, 0) is 11.2 Å². The van der Waals surface area contributed by atoms with Crippen LogP contribution < -0.4 is 11.1 Å². The number of carbonyl (C=O) groups excluding carboxylic acids is 2. The third-order valence-corrected chi connectivity index (χ3v) is 4.83. The van der Waals surface area contributed by atoms with Crippen molar-refractivity contribution in [2.24, 2.45) is 0 Å². The number of hydrogen-bond acceptors (Lipinski definition) is 3. The van der Waals surface area contributed by atoms with Crippen LogP contribution in [-0.4, -0.2) is 11.7 Å². The zero-order valence-electron chi connectivity index (χ0n) is 15.8. The number of amides is 1. The zero-order chi connectivity index (χ0) is 20.2. The molecule has 3 N–H and O–H groups in total. The fourth-order valence-corrected chi connectivity index (χ4v) is 3.42. The molecule has 4 rings (SSSR count). The lowest BCUT2D eigenvalue weighted by Gasteiger charge is -2.12. The second-order valence-corrected chi connectivity index (χ2v) is 6.86. The highest BCUT2D eigenvalue weighted by atomic mass is 16.1. The summed E-state index contributed by atoms with van der Waals surface area (Å²) in [7, 11) is 0. The van der Waals surface area contributed by atoms with Gasteiger partial charge in [-0.15, -0.1) is 0 Å². The molecular weight excluding hydrogens is 360 g/mol. The Bertz CT molecular complexity index is 1190. The maximum atomic E-state index is 12.9. The lowest BCUT2D eigenvalue weighted by molar-refractivity contribution is -0.115. The number of nitrogens with two attached hydrogens (primary N) is 1. The van der Waals surface area contributed by atoms with Gasteiger partial charge in [-0.2, -0.15) is 0 Å². The number of ketones is 1. The van der Waals surface area contributed by atoms with Crippen molar-refractivity contribution < 1.29 is 9.59 Å². The molecule has 0 aliphatic heterocycles. The van der Waals surface area contributed by atoms with Gasteiger partial charge in [-0.3, -0.25) is 9.59 Å². The van der Waals surface area contributed by atoms with Crippen LogP contribution in [0.5, 0.6) is 0 Å². The molecule has 0 unspecified atom stereocenters. The first-order chi connectivity index (χ1) is 14.1. The van der Waals surface area contributed by atoms with Gasteiger partial charge < -0.3 is 11.1 Å². The lowest BCUT2D eigenvalue weighted by atomic mass is 10.00. The quantitative estimate of drug-likeness (QED) is 0.385. The van der Waals surface area contributed by atoms with Crippen LogP contribution in [0.1, 0.15) is 21.5 Å². The van der Waals surface area contributed by atoms with Crippen LogP contribution in [0.2, 0.25) is 0 Å². The molecule has 29 heavy (non-hydrogen) atoms. The number of nitrogens with one attached hydrogen (secondary N) is 1. The largest absolute Gasteiger partial charge is 0.399 e. The molecule has 0 aliphatic carbocycles. The molecule has 0 radical (unpaired) electrons. The normalized spacial score (nSPS) is 10.6. The van der Waals surface area contributed by atoms with Crippen molar-refractivity contribution in [3.8, 4) is 0 Å². The fraction of sp³-hybridized carbons (Fsp3) is 0.0400. The molecule has 0 saturated carbocycles. The van der Waals surface area contributed by atoms with Gasteiger partial charge in [0.05, 0.1) is 12.1 Å². The second-order valence-electron chi connectivity index (χ2n) is 6.86. The van der Waals surface area contributed by atoms with Crippen LogP contribution in [0.3, 0.4) is 0 Å². The van der Waals surface area contributed by atoms with Gasteiger partial charge >= 0.3 is 0 Å². The molecule has 0 fully saturated rings. The van der Waals surface area contributed by atoms with E-state index in [0.717, 1.165) is 16.3 Å². The van der Waals surface area contributed by atoms with Gasteiger partial charge in [0.1, 0.15) is 0 Å². The van der Waals surface area contributed by atoms with Crippen molar-refractivity contribution in [2.45, 2.75) is 6.42 Å². The van der Waals surface area contributed by atoms with Gasteiger partial charge in [0.25, 0.3) is 0 Å². The standard InChI is InChI=1S/C25H20N2O2/c26-20-13-14-23(22(16-20)25(29)18-8-2-1-3-9-18)27-24(28)15-19-11-6-10-17-7-4-5-12-21(17)19/h1-14,16H,15,26H2,(H,27,28). The van der Waals surface area contributed by atoms with Crippen molar-refractivity contribution in [3.05, 3.63) is 108 Å². The zero-order valence-corrected chi connectivity index (χ0v) is 15.8. The van der Waals surface area contributed by atoms with E-state index in [1.807, 2.05) is 48.5 Å². The lowest BCUT2D eigenvalue weighted by Crippen LogP contribution is -2.17. The van der Waals surface area contributed by atoms with Crippen LogP contribution in [0.15, 0.2) is 91.0 Å². The van der Waals surface area contributed by atoms with E-state index < -0.39 is 0 Å². The number of fused-ring (bicyclic) bond motifs is 1. The minimum absolute atomic E-state index is 0.182. The predicted octanol–water partition coefficient (Wildman–Crippen LogP) is 4.83. The van der Waals surface area contributed by atoms with Gasteiger partial charge in [0, 0.05) is 16.8 Å². The summed E-state index contributed by atoms with van der Waals surface area (Å²) in [6, 6.07) is 27.8. The first kappa shape index (κ1) is 18.4. The first-order valence-corrected chi connectivity index (χ1v) is 9.37. The van der Waals surface area contributed by atoms with Gasteiger partial charge in [-0.25, -0.2) is 0 Å². The van der Waals surface area contributed by atoms with Crippen molar-refractivity contribution in [2.75, 3.05) is 11.1 Å². The van der Waals surface area contributed by atoms with E-state index in [-0.39, 0.29) is 18.1 Å². The molecule has 1 amide bonds. The summed E-state index contributed by atoms with van der Waals surface area (Å²) >= 11 is 0. The highest BCUT2D eigenvalue weighted by Crippen LogP contribution is 2.24. The van der Waals surface area contributed by atoms with E-state index in [2.05, 4.69) is 5.32 Å². The minimum Gasteiger partial charge on any atom is -0.399 e. The van der Waals surface area contributed by atoms with Crippen LogP contribution in [0.4, 0.5) is 11.4 Å². The third kappa shape index (κ3) is 4.01. The average molecular weight is 380 g/mol. The summed E-state index contributed by atoms with van der Waals surface area (Å²) < 4.78 is 0. The number of carbonyl (C=O) groups is 2. The Morgan fingerprint density at radius 2 is 1.52 bits per heavy atom. The molecule has 4 nitrogen and oxygen atoms in total. The highest BCUT2D eigenvalue weighted by Gasteiger charge is 2.16. The SMILES string of the molecule is Nc1ccc(NC(=O)Cc2cccc3ccccc23)c(C(=O)c2ccccc2)c1. The molecule has 0 heterocycles. The van der Waals surface area contributed by atoms with E-state index in [4.69, 9.17) is 5.73 Å². The monoisotopic (exact) mass is 380 g/mol. The summed E-state index contributed by atoms with van der Waals surface area (Å²) in [5, 5.41) is 5.02. The Kier molecular flexibility index (Phi) is 5.08. The van der Waals surface area contributed by atoms with Gasteiger partial charge in [-0.1, -0.05) is 72.8 Å². The number of hydrogen-bond donors (Lipinski definition) is 2. The van der Waals surface area contributed by atoms with Crippen molar-refractivity contribution in [1.82, 2.24) is 0 Å². The Labute approximate surface area is 169 Å². The van der Waals surface area contributed by atoms with Crippen LogP contribution >= 0.6 is 0 Å². The highest BCUT2D eigenvalue weighted by molar-refractivity contribution is 6.14. The number of rotatable bonds is 5. The average Bonchev–Trinajstić information content (AvgIpc) is 2.75. The fourth-order valence-electron chi connectivity index (χ4n) is 3.42. The second kappa shape index (κ2) is 7.98. The summed E-state index contributed by atoms with van der Waals surface area (Å²) in [5.74, 6) is -0.369. The molecule has 4 aromatic carbocycles. The van der Waals surface area contributed by atoms with Gasteiger partial charge in [-0.05, 0) is 34.5 Å². The summed E-state index contributed by atoms with van der Waals surface area (Å²) in [6.45, 7) is 0. The maximum Gasteiger partial charge on any atom is 0.228 e. The smallest absolute Gasteiger partial charge is 0.228 e. The molecular formula is C25H20N2O2. The summed E-state index contributed by atoms with van der Waals surface area (Å²) in [5.41, 5.74) is 8.68. The number of nitrogen functional groups attached to an aromatic ring is 1. The van der Waals surface area contributed by atoms with E-state index >= 15 is 0 Å². The van der Waals surface area contributed by atoms with Crippen molar-refractivity contribution >= 4 is 33.8 Å². The van der Waals surface area contributed by atoms with E-state index in [9.17, 15) is 9.59 Å². The van der Waals surface area contributed by atoms with Crippen molar-refractivity contribution in [1.29, 1.82) is 0 Å². The Morgan fingerprint density at radius 1 is 0.793 bits per heavy atom. The molecule has 0 saturated heterocycles. The van der Waals surface area contributed by atoms with Crippen molar-refractivity contribution in [3.63, 3.8) is 0 Å². The number of benzene rings is 4. The minimum atomic E-state index is -0.187. The van der Waals surface area contributed by atoms with E-state index in [1.165, 1.54) is 0 Å². The molecule has 0 aliphatic rings. The molecule has 0 spiro atoms. The van der Waals surface area contributed by atoms with Crippen LogP contribution in [0.25, 0.3) is 10.8 Å². The Hall–Kier alpha value is -3.92. The molecule has 142 valence electrons. The topological polar surface area (TPSA) is 72.2 Å². The summed E-state index contributed by atoms with van der Waals surface area (Å²) in [4.78, 5) is 25.7. The molecule has 4 aromatic rings. The predicted molar refractivity (Wildman–Crippen MR) is 117 cm³/mol. The van der Waals surface area contributed by atoms with E-state index in [1.54, 1.807) is 42.5 Å². The first-order valence-electron chi connectivity index (χ1n) is 9.37. The van der Waals surface area contributed by atoms with E-state index in [0.29, 0.717) is 22.5 Å². The number of anilines is 2. The van der Waals surface area contributed by atoms with Crippen LogP contribution in [0, 0.1) is 0 Å². The molecule has 4 heteroatoms. The molecule has 0 atom stereocenters. The third-order valence-electron chi connectivity index (χ3n) is 4.83. The van der Waals surface area contributed by atoms with Gasteiger partial charge in [0.2, 0.25) is 5.91 Å². The maximum absolute atomic E-state index is 12.9.